The van der Waals surface area contributed by atoms with Gasteiger partial charge in [0.15, 0.2) is 0 Å². The minimum Gasteiger partial charge on any atom is -0.481 e. The lowest BCUT2D eigenvalue weighted by molar-refractivity contribution is -0.139. The van der Waals surface area contributed by atoms with Gasteiger partial charge in [-0.3, -0.25) is 9.59 Å². The molecule has 9 heteroatoms. The number of benzene rings is 2. The maximum Gasteiger partial charge on any atom is 0.407 e. The molecule has 1 aliphatic carbocycles. The predicted octanol–water partition coefficient (Wildman–Crippen LogP) is 4.12. The van der Waals surface area contributed by atoms with Crippen LogP contribution in [0.25, 0.3) is 11.1 Å². The Morgan fingerprint density at radius 2 is 1.66 bits per heavy atom. The summed E-state index contributed by atoms with van der Waals surface area (Å²) in [5.41, 5.74) is 4.14. The third-order valence-corrected chi connectivity index (χ3v) is 6.86. The number of halogens is 2. The van der Waals surface area contributed by atoms with Gasteiger partial charge >= 0.3 is 12.1 Å². The van der Waals surface area contributed by atoms with Crippen molar-refractivity contribution < 1.29 is 33.0 Å². The second-order valence-corrected chi connectivity index (χ2v) is 9.23. The van der Waals surface area contributed by atoms with Gasteiger partial charge in [0.1, 0.15) is 12.6 Å². The van der Waals surface area contributed by atoms with Crippen LogP contribution in [0.5, 0.6) is 0 Å². The van der Waals surface area contributed by atoms with Crippen molar-refractivity contribution in [3.63, 3.8) is 0 Å². The monoisotopic (exact) mass is 486 g/mol. The average molecular weight is 487 g/mol. The van der Waals surface area contributed by atoms with E-state index in [0.29, 0.717) is 0 Å². The summed E-state index contributed by atoms with van der Waals surface area (Å²) < 4.78 is 31.9. The molecule has 2 aromatic rings. The van der Waals surface area contributed by atoms with E-state index in [-0.39, 0.29) is 43.9 Å². The smallest absolute Gasteiger partial charge is 0.407 e. The fraction of sp³-hybridized carbons (Fsp3) is 0.423. The minimum atomic E-state index is -2.81. The number of carbonyl (C=O) groups is 3. The molecule has 3 unspecified atom stereocenters. The molecule has 1 fully saturated rings. The number of aliphatic carboxylic acids is 1. The van der Waals surface area contributed by atoms with E-state index in [1.54, 1.807) is 0 Å². The molecule has 1 aliphatic heterocycles. The van der Waals surface area contributed by atoms with E-state index in [9.17, 15) is 23.2 Å². The van der Waals surface area contributed by atoms with Crippen molar-refractivity contribution in [2.75, 3.05) is 19.7 Å². The summed E-state index contributed by atoms with van der Waals surface area (Å²) >= 11 is 0. The number of hydrogen-bond acceptors (Lipinski definition) is 4. The molecule has 0 aromatic heterocycles. The molecule has 0 bridgehead atoms. The van der Waals surface area contributed by atoms with Crippen LogP contribution in [0.4, 0.5) is 13.6 Å². The average Bonchev–Trinajstić information content (AvgIpc) is 3.33. The second-order valence-electron chi connectivity index (χ2n) is 9.23. The molecule has 4 rings (SSSR count). The maximum atomic E-state index is 13.2. The van der Waals surface area contributed by atoms with Crippen LogP contribution in [0, 0.1) is 11.8 Å². The topological polar surface area (TPSA) is 95.9 Å². The van der Waals surface area contributed by atoms with Gasteiger partial charge in [-0.2, -0.15) is 0 Å². The highest BCUT2D eigenvalue weighted by atomic mass is 19.3. The first-order valence-electron chi connectivity index (χ1n) is 11.6. The third-order valence-electron chi connectivity index (χ3n) is 6.86. The highest BCUT2D eigenvalue weighted by molar-refractivity contribution is 5.86. The van der Waals surface area contributed by atoms with Crippen molar-refractivity contribution in [2.45, 2.75) is 38.2 Å². The Kier molecular flexibility index (Phi) is 7.33. The van der Waals surface area contributed by atoms with E-state index < -0.39 is 36.9 Å². The third kappa shape index (κ3) is 5.44. The van der Waals surface area contributed by atoms with Crippen LogP contribution in [0.15, 0.2) is 48.5 Å². The molecule has 2 aromatic carbocycles. The first-order chi connectivity index (χ1) is 16.7. The van der Waals surface area contributed by atoms with E-state index in [2.05, 4.69) is 5.32 Å². The zero-order chi connectivity index (χ0) is 25.1. The van der Waals surface area contributed by atoms with Crippen LogP contribution in [-0.2, 0) is 14.3 Å². The first kappa shape index (κ1) is 24.6. The summed E-state index contributed by atoms with van der Waals surface area (Å²) in [5, 5.41) is 11.4. The van der Waals surface area contributed by atoms with Crippen LogP contribution in [-0.4, -0.2) is 60.1 Å². The fourth-order valence-corrected chi connectivity index (χ4v) is 5.11. The fourth-order valence-electron chi connectivity index (χ4n) is 5.11. The molecule has 2 N–H and O–H groups in total. The number of ether oxygens (including phenoxy) is 1. The van der Waals surface area contributed by atoms with Gasteiger partial charge in [0, 0.05) is 25.4 Å². The minimum absolute atomic E-state index is 0.00309. The number of alkyl halides is 2. The van der Waals surface area contributed by atoms with Crippen molar-refractivity contribution in [1.82, 2.24) is 10.2 Å². The number of carbonyl (C=O) groups excluding carboxylic acids is 2. The number of fused-ring (bicyclic) bond motifs is 3. The van der Waals surface area contributed by atoms with Crippen molar-refractivity contribution in [2.24, 2.45) is 11.8 Å². The summed E-state index contributed by atoms with van der Waals surface area (Å²) in [6.07, 6.45) is -4.71. The summed E-state index contributed by atoms with van der Waals surface area (Å²) in [5.74, 6) is -2.18. The van der Waals surface area contributed by atoms with Crippen LogP contribution in [0.2, 0.25) is 0 Å². The number of hydrogen-bond donors (Lipinski definition) is 2. The first-order valence-corrected chi connectivity index (χ1v) is 11.6. The van der Waals surface area contributed by atoms with Crippen molar-refractivity contribution in [3.8, 4) is 11.1 Å². The SMILES string of the molecule is CC1CN(C(=O)C(CC(F)F)NC(=O)OCC2c3ccccc3-c3ccccc32)CC1CC(=O)O. The number of nitrogens with one attached hydrogen (secondary N) is 1. The Morgan fingerprint density at radius 3 is 2.23 bits per heavy atom. The summed E-state index contributed by atoms with van der Waals surface area (Å²) in [6, 6.07) is 14.2. The van der Waals surface area contributed by atoms with Gasteiger partial charge in [0.25, 0.3) is 0 Å². The number of amides is 2. The Labute approximate surface area is 202 Å². The summed E-state index contributed by atoms with van der Waals surface area (Å²) in [4.78, 5) is 38.0. The van der Waals surface area contributed by atoms with Gasteiger partial charge in [-0.1, -0.05) is 55.5 Å². The van der Waals surface area contributed by atoms with E-state index in [0.717, 1.165) is 22.3 Å². The molecule has 0 radical (unpaired) electrons. The Balaban J connectivity index is 1.41. The van der Waals surface area contributed by atoms with Crippen LogP contribution >= 0.6 is 0 Å². The lowest BCUT2D eigenvalue weighted by Crippen LogP contribution is -2.49. The molecule has 2 aliphatic rings. The van der Waals surface area contributed by atoms with Gasteiger partial charge in [0.05, 0.1) is 6.42 Å². The number of rotatable bonds is 8. The molecule has 35 heavy (non-hydrogen) atoms. The molecule has 2 amide bonds. The quantitative estimate of drug-likeness (QED) is 0.585. The normalized spacial score (nSPS) is 19.8. The van der Waals surface area contributed by atoms with Gasteiger partial charge in [-0.15, -0.1) is 0 Å². The lowest BCUT2D eigenvalue weighted by Gasteiger charge is -2.24. The summed E-state index contributed by atoms with van der Waals surface area (Å²) in [6.45, 7) is 2.22. The standard InChI is InChI=1S/C26H28F2N2O5/c1-15-12-30(13-16(15)10-24(31)32)25(33)22(11-23(27)28)29-26(34)35-14-21-19-8-4-2-6-17(19)18-7-3-5-9-20(18)21/h2-9,15-16,21-23H,10-14H2,1H3,(H,29,34)(H,31,32). The molecule has 1 heterocycles. The van der Waals surface area contributed by atoms with Crippen LogP contribution in [0.1, 0.15) is 36.8 Å². The van der Waals surface area contributed by atoms with Gasteiger partial charge in [-0.05, 0) is 34.1 Å². The number of alkyl carbamates (subject to hydrolysis) is 1. The van der Waals surface area contributed by atoms with Gasteiger partial charge < -0.3 is 20.1 Å². The number of nitrogens with zero attached hydrogens (tertiary/aromatic N) is 1. The predicted molar refractivity (Wildman–Crippen MR) is 124 cm³/mol. The summed E-state index contributed by atoms with van der Waals surface area (Å²) in [7, 11) is 0. The zero-order valence-electron chi connectivity index (χ0n) is 19.3. The van der Waals surface area contributed by atoms with Crippen LogP contribution < -0.4 is 5.32 Å². The van der Waals surface area contributed by atoms with Crippen LogP contribution in [0.3, 0.4) is 0 Å². The molecule has 186 valence electrons. The molecule has 1 saturated heterocycles. The molecule has 0 saturated carbocycles. The van der Waals surface area contributed by atoms with Gasteiger partial charge in [0.2, 0.25) is 12.3 Å². The Hall–Kier alpha value is -3.49. The lowest BCUT2D eigenvalue weighted by atomic mass is 9.95. The van der Waals surface area contributed by atoms with E-state index >= 15 is 0 Å². The van der Waals surface area contributed by atoms with E-state index in [4.69, 9.17) is 9.84 Å². The Morgan fingerprint density at radius 1 is 1.06 bits per heavy atom. The highest BCUT2D eigenvalue weighted by Crippen LogP contribution is 2.44. The molecule has 0 spiro atoms. The van der Waals surface area contributed by atoms with Crippen molar-refractivity contribution >= 4 is 18.0 Å². The molecular formula is C26H28F2N2O5. The van der Waals surface area contributed by atoms with Gasteiger partial charge in [-0.25, -0.2) is 13.6 Å². The number of carboxylic acids is 1. The zero-order valence-corrected chi connectivity index (χ0v) is 19.3. The van der Waals surface area contributed by atoms with Crippen molar-refractivity contribution in [3.05, 3.63) is 59.7 Å². The van der Waals surface area contributed by atoms with Crippen molar-refractivity contribution in [1.29, 1.82) is 0 Å². The molecule has 7 nitrogen and oxygen atoms in total. The highest BCUT2D eigenvalue weighted by Gasteiger charge is 2.38. The number of carboxylic acid groups (broad SMARTS) is 1. The molecular weight excluding hydrogens is 458 g/mol. The Bertz CT molecular complexity index is 1060. The number of likely N-dealkylation sites (tertiary alicyclic amines) is 1. The second kappa shape index (κ2) is 10.4. The maximum absolute atomic E-state index is 13.2. The molecule has 3 atom stereocenters. The van der Waals surface area contributed by atoms with E-state index in [1.165, 1.54) is 4.90 Å². The largest absolute Gasteiger partial charge is 0.481 e. The van der Waals surface area contributed by atoms with E-state index in [1.807, 2.05) is 55.5 Å².